The van der Waals surface area contributed by atoms with Gasteiger partial charge in [-0.1, -0.05) is 12.1 Å². The predicted molar refractivity (Wildman–Crippen MR) is 92.6 cm³/mol. The molecule has 24 heavy (non-hydrogen) atoms. The molecule has 0 aliphatic carbocycles. The van der Waals surface area contributed by atoms with Crippen LogP contribution >= 0.6 is 0 Å². The maximum absolute atomic E-state index is 12.2. The van der Waals surface area contributed by atoms with Crippen LogP contribution in [-0.4, -0.2) is 74.7 Å². The average molecular weight is 341 g/mol. The van der Waals surface area contributed by atoms with Crippen LogP contribution in [0.1, 0.15) is 18.4 Å². The Balaban J connectivity index is 1.83. The Kier molecular flexibility index (Phi) is 7.40. The van der Waals surface area contributed by atoms with Crippen molar-refractivity contribution in [2.45, 2.75) is 32.0 Å². The van der Waals surface area contributed by atoms with Gasteiger partial charge in [-0.25, -0.2) is 0 Å². The summed E-state index contributed by atoms with van der Waals surface area (Å²) >= 11 is 0. The van der Waals surface area contributed by atoms with Gasteiger partial charge in [-0.05, 0) is 58.2 Å². The van der Waals surface area contributed by atoms with Crippen molar-refractivity contribution >= 4 is 0 Å². The number of piperidine rings is 1. The molecule has 4 nitrogen and oxygen atoms in total. The molecule has 1 heterocycles. The molecule has 1 aliphatic rings. The molecule has 0 saturated carbocycles. The number of alkyl halides is 2. The van der Waals surface area contributed by atoms with Crippen molar-refractivity contribution in [3.05, 3.63) is 29.8 Å². The first-order valence-corrected chi connectivity index (χ1v) is 8.55. The number of ether oxygens (including phenoxy) is 1. The van der Waals surface area contributed by atoms with Gasteiger partial charge in [-0.2, -0.15) is 8.78 Å². The van der Waals surface area contributed by atoms with Crippen LogP contribution in [0.3, 0.4) is 0 Å². The first-order chi connectivity index (χ1) is 11.4. The smallest absolute Gasteiger partial charge is 0.387 e. The SMILES string of the molecule is CN(C)CCN(C)[C@H]1CCCN(Cc2ccc(OC(F)F)cc2)C1. The summed E-state index contributed by atoms with van der Waals surface area (Å²) in [5, 5.41) is 0. The van der Waals surface area contributed by atoms with Crippen LogP contribution in [0.2, 0.25) is 0 Å². The van der Waals surface area contributed by atoms with Gasteiger partial charge in [0.15, 0.2) is 0 Å². The maximum Gasteiger partial charge on any atom is 0.387 e. The van der Waals surface area contributed by atoms with Gasteiger partial charge in [0.1, 0.15) is 5.75 Å². The van der Waals surface area contributed by atoms with E-state index in [1.807, 2.05) is 12.1 Å². The van der Waals surface area contributed by atoms with Crippen molar-refractivity contribution in [2.24, 2.45) is 0 Å². The molecule has 1 aromatic carbocycles. The zero-order valence-electron chi connectivity index (χ0n) is 14.9. The summed E-state index contributed by atoms with van der Waals surface area (Å²) in [5.41, 5.74) is 1.13. The van der Waals surface area contributed by atoms with Gasteiger partial charge >= 0.3 is 6.61 Å². The quantitative estimate of drug-likeness (QED) is 0.724. The van der Waals surface area contributed by atoms with Crippen LogP contribution in [0.15, 0.2) is 24.3 Å². The summed E-state index contributed by atoms with van der Waals surface area (Å²) in [6.07, 6.45) is 2.44. The van der Waals surface area contributed by atoms with Crippen LogP contribution in [0.4, 0.5) is 8.78 Å². The Morgan fingerprint density at radius 3 is 2.50 bits per heavy atom. The molecular formula is C18H29F2N3O. The van der Waals surface area contributed by atoms with Gasteiger partial charge in [-0.3, -0.25) is 4.90 Å². The standard InChI is InChI=1S/C18H29F2N3O/c1-21(2)11-12-22(3)16-5-4-10-23(14-16)13-15-6-8-17(9-7-15)24-18(19)20/h6-9,16,18H,4-5,10-14H2,1-3H3/t16-/m0/s1. The molecule has 0 unspecified atom stereocenters. The van der Waals surface area contributed by atoms with Crippen molar-refractivity contribution in [2.75, 3.05) is 47.3 Å². The Morgan fingerprint density at radius 1 is 1.17 bits per heavy atom. The molecule has 136 valence electrons. The van der Waals surface area contributed by atoms with E-state index in [-0.39, 0.29) is 5.75 Å². The van der Waals surface area contributed by atoms with Crippen LogP contribution in [0.25, 0.3) is 0 Å². The van der Waals surface area contributed by atoms with E-state index in [1.165, 1.54) is 12.8 Å². The second-order valence-corrected chi connectivity index (χ2v) is 6.84. The minimum atomic E-state index is -2.77. The molecule has 6 heteroatoms. The third-order valence-corrected chi connectivity index (χ3v) is 4.56. The van der Waals surface area contributed by atoms with Gasteiger partial charge < -0.3 is 14.5 Å². The highest BCUT2D eigenvalue weighted by Gasteiger charge is 2.23. The van der Waals surface area contributed by atoms with Gasteiger partial charge in [0.25, 0.3) is 0 Å². The van der Waals surface area contributed by atoms with Crippen LogP contribution in [-0.2, 0) is 6.54 Å². The van der Waals surface area contributed by atoms with E-state index in [0.29, 0.717) is 6.04 Å². The van der Waals surface area contributed by atoms with Gasteiger partial charge in [0.2, 0.25) is 0 Å². The van der Waals surface area contributed by atoms with Gasteiger partial charge in [-0.15, -0.1) is 0 Å². The first kappa shape index (κ1) is 19.1. The zero-order valence-corrected chi connectivity index (χ0v) is 14.9. The number of nitrogens with zero attached hydrogens (tertiary/aromatic N) is 3. The summed E-state index contributed by atoms with van der Waals surface area (Å²) in [4.78, 5) is 7.11. The fourth-order valence-electron chi connectivity index (χ4n) is 3.11. The normalized spacial score (nSPS) is 19.4. The molecule has 0 radical (unpaired) electrons. The predicted octanol–water partition coefficient (Wildman–Crippen LogP) is 2.75. The van der Waals surface area contributed by atoms with E-state index in [0.717, 1.165) is 38.3 Å². The minimum Gasteiger partial charge on any atom is -0.435 e. The van der Waals surface area contributed by atoms with Crippen LogP contribution in [0.5, 0.6) is 5.75 Å². The van der Waals surface area contributed by atoms with Crippen molar-refractivity contribution in [1.82, 2.24) is 14.7 Å². The maximum atomic E-state index is 12.2. The molecule has 2 rings (SSSR count). The lowest BCUT2D eigenvalue weighted by Gasteiger charge is -2.38. The zero-order chi connectivity index (χ0) is 17.5. The number of likely N-dealkylation sites (tertiary alicyclic amines) is 1. The number of halogens is 2. The Labute approximate surface area is 144 Å². The molecule has 0 spiro atoms. The fraction of sp³-hybridized carbons (Fsp3) is 0.667. The summed E-state index contributed by atoms with van der Waals surface area (Å²) < 4.78 is 28.8. The van der Waals surface area contributed by atoms with Crippen LogP contribution < -0.4 is 4.74 Å². The van der Waals surface area contributed by atoms with E-state index in [2.05, 4.69) is 40.6 Å². The second-order valence-electron chi connectivity index (χ2n) is 6.84. The molecule has 0 aromatic heterocycles. The number of hydrogen-bond donors (Lipinski definition) is 0. The molecule has 1 saturated heterocycles. The molecule has 0 N–H and O–H groups in total. The van der Waals surface area contributed by atoms with E-state index >= 15 is 0 Å². The number of benzene rings is 1. The largest absolute Gasteiger partial charge is 0.435 e. The van der Waals surface area contributed by atoms with Crippen molar-refractivity contribution < 1.29 is 13.5 Å². The molecule has 1 aliphatic heterocycles. The van der Waals surface area contributed by atoms with E-state index in [4.69, 9.17) is 0 Å². The summed E-state index contributed by atoms with van der Waals surface area (Å²) in [5.74, 6) is 0.216. The average Bonchev–Trinajstić information content (AvgIpc) is 2.54. The summed E-state index contributed by atoms with van der Waals surface area (Å²) in [6.45, 7) is 2.37. The number of rotatable bonds is 8. The Hall–Kier alpha value is -1.24. The van der Waals surface area contributed by atoms with Crippen molar-refractivity contribution in [1.29, 1.82) is 0 Å². The number of likely N-dealkylation sites (N-methyl/N-ethyl adjacent to an activating group) is 2. The second kappa shape index (κ2) is 9.30. The van der Waals surface area contributed by atoms with Crippen molar-refractivity contribution in [3.8, 4) is 5.75 Å². The number of hydrogen-bond acceptors (Lipinski definition) is 4. The topological polar surface area (TPSA) is 19.0 Å². The molecular weight excluding hydrogens is 312 g/mol. The highest BCUT2D eigenvalue weighted by Crippen LogP contribution is 2.19. The van der Waals surface area contributed by atoms with E-state index in [9.17, 15) is 8.78 Å². The van der Waals surface area contributed by atoms with Gasteiger partial charge in [0.05, 0.1) is 0 Å². The monoisotopic (exact) mass is 341 g/mol. The first-order valence-electron chi connectivity index (χ1n) is 8.55. The highest BCUT2D eigenvalue weighted by atomic mass is 19.3. The lowest BCUT2D eigenvalue weighted by molar-refractivity contribution is -0.0498. The minimum absolute atomic E-state index is 0.216. The molecule has 1 fully saturated rings. The van der Waals surface area contributed by atoms with Gasteiger partial charge in [0, 0.05) is 32.2 Å². The highest BCUT2D eigenvalue weighted by molar-refractivity contribution is 5.27. The van der Waals surface area contributed by atoms with Crippen molar-refractivity contribution in [3.63, 3.8) is 0 Å². The summed E-state index contributed by atoms with van der Waals surface area (Å²) in [7, 11) is 6.40. The molecule has 0 bridgehead atoms. The summed E-state index contributed by atoms with van der Waals surface area (Å²) in [6, 6.07) is 7.56. The lowest BCUT2D eigenvalue weighted by atomic mass is 10.0. The molecule has 1 atom stereocenters. The van der Waals surface area contributed by atoms with Crippen LogP contribution in [0, 0.1) is 0 Å². The Morgan fingerprint density at radius 2 is 1.88 bits per heavy atom. The third kappa shape index (κ3) is 6.34. The third-order valence-electron chi connectivity index (χ3n) is 4.56. The Bertz CT molecular complexity index is 482. The lowest BCUT2D eigenvalue weighted by Crippen LogP contribution is -2.47. The van der Waals surface area contributed by atoms with E-state index < -0.39 is 6.61 Å². The fourth-order valence-corrected chi connectivity index (χ4v) is 3.11. The molecule has 0 amide bonds. The molecule has 1 aromatic rings. The van der Waals surface area contributed by atoms with E-state index in [1.54, 1.807) is 12.1 Å².